The van der Waals surface area contributed by atoms with E-state index in [2.05, 4.69) is 47.1 Å². The van der Waals surface area contributed by atoms with Gasteiger partial charge in [-0.1, -0.05) is 18.2 Å². The summed E-state index contributed by atoms with van der Waals surface area (Å²) in [6, 6.07) is 2.28. The molecule has 10 nitrogen and oxygen atoms in total. The zero-order chi connectivity index (χ0) is 29.8. The van der Waals surface area contributed by atoms with E-state index in [0.29, 0.717) is 24.5 Å². The van der Waals surface area contributed by atoms with Crippen LogP contribution < -0.4 is 4.90 Å². The molecule has 1 N–H and O–H groups in total. The SMILES string of the molecule is C=CC(=O)N1CC2(CC(n3nc(N4CCC5(CN(C)C(=O)O5)CC4(C)C)c(-c4c(Cl)c(C)cc5[nH]ncc45)c3C)C2)C1. The van der Waals surface area contributed by atoms with Crippen molar-refractivity contribution in [2.45, 2.75) is 70.6 Å². The molecule has 1 atom stereocenters. The predicted octanol–water partition coefficient (Wildman–Crippen LogP) is 5.25. The molecule has 4 fully saturated rings. The number of fused-ring (bicyclic) bond motifs is 1. The van der Waals surface area contributed by atoms with E-state index >= 15 is 0 Å². The van der Waals surface area contributed by atoms with Crippen molar-refractivity contribution >= 4 is 40.3 Å². The van der Waals surface area contributed by atoms with Crippen LogP contribution in [0.5, 0.6) is 0 Å². The second-order valence-electron chi connectivity index (χ2n) is 13.7. The van der Waals surface area contributed by atoms with E-state index in [1.807, 2.05) is 24.1 Å². The van der Waals surface area contributed by atoms with Crippen LogP contribution in [-0.2, 0) is 9.53 Å². The average molecular weight is 592 g/mol. The van der Waals surface area contributed by atoms with Gasteiger partial charge in [-0.2, -0.15) is 10.2 Å². The van der Waals surface area contributed by atoms with Crippen molar-refractivity contribution in [2.75, 3.05) is 38.1 Å². The van der Waals surface area contributed by atoms with Crippen LogP contribution in [0.4, 0.5) is 10.6 Å². The fourth-order valence-electron chi connectivity index (χ4n) is 8.20. The Bertz CT molecular complexity index is 1640. The summed E-state index contributed by atoms with van der Waals surface area (Å²) in [7, 11) is 1.80. The number of likely N-dealkylation sites (tertiary alicyclic amines) is 1. The first-order valence-corrected chi connectivity index (χ1v) is 15.1. The lowest BCUT2D eigenvalue weighted by Crippen LogP contribution is -2.63. The predicted molar refractivity (Wildman–Crippen MR) is 162 cm³/mol. The van der Waals surface area contributed by atoms with Crippen LogP contribution in [0.1, 0.15) is 56.8 Å². The molecule has 4 aliphatic rings. The Morgan fingerprint density at radius 1 is 1.21 bits per heavy atom. The lowest BCUT2D eigenvalue weighted by molar-refractivity contribution is -0.149. The number of benzene rings is 1. The molecule has 1 aromatic carbocycles. The number of carbonyl (C=O) groups excluding carboxylic acids is 2. The fourth-order valence-corrected chi connectivity index (χ4v) is 8.45. The van der Waals surface area contributed by atoms with Crippen molar-refractivity contribution in [3.05, 3.63) is 41.2 Å². The monoisotopic (exact) mass is 591 g/mol. The molecule has 1 saturated carbocycles. The Kier molecular flexibility index (Phi) is 5.84. The van der Waals surface area contributed by atoms with E-state index in [4.69, 9.17) is 21.4 Å². The second-order valence-corrected chi connectivity index (χ2v) is 14.1. The number of hydrogen-bond donors (Lipinski definition) is 1. The Morgan fingerprint density at radius 3 is 2.60 bits per heavy atom. The zero-order valence-corrected chi connectivity index (χ0v) is 25.7. The minimum Gasteiger partial charge on any atom is -0.441 e. The van der Waals surface area contributed by atoms with Gasteiger partial charge in [0.25, 0.3) is 0 Å². The molecule has 3 aliphatic heterocycles. The quantitative estimate of drug-likeness (QED) is 0.416. The number of aromatic nitrogens is 4. The number of piperidine rings is 1. The lowest BCUT2D eigenvalue weighted by Gasteiger charge is -2.58. The number of carbonyl (C=O) groups is 2. The van der Waals surface area contributed by atoms with Gasteiger partial charge in [0.1, 0.15) is 5.60 Å². The van der Waals surface area contributed by atoms with Crippen LogP contribution in [0.3, 0.4) is 0 Å². The van der Waals surface area contributed by atoms with Gasteiger partial charge in [0.05, 0.1) is 29.3 Å². The van der Waals surface area contributed by atoms with Crippen molar-refractivity contribution in [3.63, 3.8) is 0 Å². The first kappa shape index (κ1) is 27.3. The number of halogens is 1. The first-order valence-electron chi connectivity index (χ1n) is 14.7. The summed E-state index contributed by atoms with van der Waals surface area (Å²) in [5.74, 6) is 0.907. The maximum atomic E-state index is 12.4. The number of amides is 2. The standard InChI is InChI=1S/C31H38ClN7O3/c1-7-23(40)37-15-30(16-37)11-20(12-30)39-19(3)24(25-21-13-33-34-22(21)10-18(2)26(25)32)27(35-39)38-9-8-31(14-29(38,4)5)17-36(6)28(41)42-31/h7,10,13,20H,1,8-9,11-12,14-17H2,2-6H3,(H,33,34). The molecule has 0 radical (unpaired) electrons. The minimum absolute atomic E-state index is 0.00590. The van der Waals surface area contributed by atoms with Gasteiger partial charge in [-0.15, -0.1) is 0 Å². The number of rotatable bonds is 4. The van der Waals surface area contributed by atoms with Gasteiger partial charge in [-0.05, 0) is 58.2 Å². The van der Waals surface area contributed by atoms with Crippen molar-refractivity contribution in [2.24, 2.45) is 5.41 Å². The van der Waals surface area contributed by atoms with Crippen LogP contribution in [0.2, 0.25) is 5.02 Å². The summed E-state index contributed by atoms with van der Waals surface area (Å²) >= 11 is 7.12. The summed E-state index contributed by atoms with van der Waals surface area (Å²) in [4.78, 5) is 30.4. The number of likely N-dealkylation sites (N-methyl/N-ethyl adjacent to an activating group) is 1. The van der Waals surface area contributed by atoms with Crippen molar-refractivity contribution in [1.82, 2.24) is 29.8 Å². The van der Waals surface area contributed by atoms with Crippen LogP contribution in [-0.4, -0.2) is 86.1 Å². The Morgan fingerprint density at radius 2 is 1.95 bits per heavy atom. The highest BCUT2D eigenvalue weighted by Crippen LogP contribution is 2.56. The van der Waals surface area contributed by atoms with Crippen LogP contribution >= 0.6 is 11.6 Å². The maximum Gasteiger partial charge on any atom is 0.410 e. The van der Waals surface area contributed by atoms with Gasteiger partial charge in [-0.3, -0.25) is 14.6 Å². The molecule has 2 amide bonds. The molecular weight excluding hydrogens is 554 g/mol. The molecule has 42 heavy (non-hydrogen) atoms. The number of H-pyrrole nitrogens is 1. The van der Waals surface area contributed by atoms with Crippen LogP contribution in [0.25, 0.3) is 22.0 Å². The highest BCUT2D eigenvalue weighted by Gasteiger charge is 2.56. The molecule has 2 spiro atoms. The second kappa shape index (κ2) is 8.99. The molecule has 1 unspecified atom stereocenters. The Balaban J connectivity index is 1.29. The summed E-state index contributed by atoms with van der Waals surface area (Å²) < 4.78 is 8.15. The number of ether oxygens (including phenoxy) is 1. The Hall–Kier alpha value is -3.53. The van der Waals surface area contributed by atoms with E-state index in [1.54, 1.807) is 11.9 Å². The van der Waals surface area contributed by atoms with Gasteiger partial charge >= 0.3 is 6.09 Å². The molecule has 3 saturated heterocycles. The third-order valence-electron chi connectivity index (χ3n) is 10.1. The largest absolute Gasteiger partial charge is 0.441 e. The van der Waals surface area contributed by atoms with Gasteiger partial charge in [0.15, 0.2) is 5.82 Å². The van der Waals surface area contributed by atoms with Gasteiger partial charge < -0.3 is 19.4 Å². The number of aromatic amines is 1. The van der Waals surface area contributed by atoms with Crippen molar-refractivity contribution < 1.29 is 14.3 Å². The molecule has 222 valence electrons. The maximum absolute atomic E-state index is 12.4. The Labute approximate surface area is 250 Å². The molecule has 3 aromatic rings. The van der Waals surface area contributed by atoms with E-state index < -0.39 is 5.60 Å². The van der Waals surface area contributed by atoms with Gasteiger partial charge in [0, 0.05) is 72.7 Å². The molecule has 5 heterocycles. The topological polar surface area (TPSA) is 99.6 Å². The summed E-state index contributed by atoms with van der Waals surface area (Å²) in [6.45, 7) is 15.1. The fraction of sp³-hybridized carbons (Fsp3) is 0.548. The molecule has 0 bridgehead atoms. The van der Waals surface area contributed by atoms with E-state index in [0.717, 1.165) is 71.5 Å². The van der Waals surface area contributed by atoms with Gasteiger partial charge in [-0.25, -0.2) is 4.79 Å². The van der Waals surface area contributed by atoms with Crippen molar-refractivity contribution in [1.29, 1.82) is 0 Å². The highest BCUT2D eigenvalue weighted by molar-refractivity contribution is 6.36. The van der Waals surface area contributed by atoms with E-state index in [-0.39, 0.29) is 29.0 Å². The number of nitrogens with zero attached hydrogens (tertiary/aromatic N) is 6. The number of anilines is 1. The number of hydrogen-bond acceptors (Lipinski definition) is 6. The summed E-state index contributed by atoms with van der Waals surface area (Å²) in [5, 5.41) is 14.5. The third kappa shape index (κ3) is 3.90. The van der Waals surface area contributed by atoms with Crippen LogP contribution in [0.15, 0.2) is 24.9 Å². The van der Waals surface area contributed by atoms with Crippen LogP contribution in [0, 0.1) is 19.3 Å². The lowest BCUT2D eigenvalue weighted by atomic mass is 9.60. The number of aryl methyl sites for hydroxylation is 1. The highest BCUT2D eigenvalue weighted by atomic mass is 35.5. The summed E-state index contributed by atoms with van der Waals surface area (Å²) in [5.41, 5.74) is 4.28. The smallest absolute Gasteiger partial charge is 0.410 e. The molecule has 2 aromatic heterocycles. The molecular formula is C31H38ClN7O3. The van der Waals surface area contributed by atoms with E-state index in [9.17, 15) is 9.59 Å². The first-order chi connectivity index (χ1) is 19.9. The molecule has 7 rings (SSSR count). The summed E-state index contributed by atoms with van der Waals surface area (Å²) in [6.07, 6.45) is 6.37. The van der Waals surface area contributed by atoms with Crippen molar-refractivity contribution in [3.8, 4) is 11.1 Å². The normalized spacial score (nSPS) is 24.8. The molecule has 11 heteroatoms. The zero-order valence-electron chi connectivity index (χ0n) is 25.0. The average Bonchev–Trinajstić information content (AvgIpc) is 3.54. The minimum atomic E-state index is -0.498. The third-order valence-corrected chi connectivity index (χ3v) is 10.6. The molecule has 1 aliphatic carbocycles. The van der Waals surface area contributed by atoms with Gasteiger partial charge in [0.2, 0.25) is 5.91 Å². The van der Waals surface area contributed by atoms with E-state index in [1.165, 1.54) is 6.08 Å². The number of nitrogens with one attached hydrogen (secondary N) is 1.